The number of nitrogens with one attached hydrogen (secondary N) is 1. The van der Waals surface area contributed by atoms with Crippen LogP contribution in [0.1, 0.15) is 23.5 Å². The molecule has 1 aliphatic heterocycles. The Morgan fingerprint density at radius 1 is 0.913 bits per heavy atom. The molecule has 2 aromatic rings. The Kier molecular flexibility index (Phi) is 4.10. The summed E-state index contributed by atoms with van der Waals surface area (Å²) in [6, 6.07) is 11.5. The minimum absolute atomic E-state index is 0.0272. The molecule has 0 fully saturated rings. The second-order valence-electron chi connectivity index (χ2n) is 5.34. The zero-order chi connectivity index (χ0) is 16.4. The number of carbonyl (C=O) groups is 1. The van der Waals surface area contributed by atoms with Crippen LogP contribution in [-0.4, -0.2) is 27.2 Å². The van der Waals surface area contributed by atoms with Gasteiger partial charge in [0, 0.05) is 29.7 Å². The number of benzene rings is 2. The van der Waals surface area contributed by atoms with E-state index in [1.54, 1.807) is 27.4 Å². The third kappa shape index (κ3) is 2.70. The van der Waals surface area contributed by atoms with Crippen molar-refractivity contribution < 1.29 is 19.0 Å². The molecular formula is C18H19NO4. The number of para-hydroxylation sites is 1. The van der Waals surface area contributed by atoms with Gasteiger partial charge in [0.2, 0.25) is 5.91 Å². The molecule has 1 unspecified atom stereocenters. The molecule has 1 amide bonds. The highest BCUT2D eigenvalue weighted by Crippen LogP contribution is 2.44. The molecule has 0 aromatic heterocycles. The van der Waals surface area contributed by atoms with Crippen molar-refractivity contribution in [3.63, 3.8) is 0 Å². The van der Waals surface area contributed by atoms with Crippen LogP contribution in [-0.2, 0) is 4.79 Å². The quantitative estimate of drug-likeness (QED) is 0.942. The molecule has 120 valence electrons. The van der Waals surface area contributed by atoms with Crippen molar-refractivity contribution in [2.24, 2.45) is 0 Å². The van der Waals surface area contributed by atoms with Gasteiger partial charge >= 0.3 is 0 Å². The first kappa shape index (κ1) is 15.2. The van der Waals surface area contributed by atoms with Gasteiger partial charge in [-0.25, -0.2) is 0 Å². The summed E-state index contributed by atoms with van der Waals surface area (Å²) in [5.74, 6) is 1.89. The van der Waals surface area contributed by atoms with E-state index >= 15 is 0 Å². The summed E-state index contributed by atoms with van der Waals surface area (Å²) in [6.45, 7) is 0. The molecule has 1 atom stereocenters. The molecule has 1 aliphatic rings. The maximum absolute atomic E-state index is 12.1. The molecule has 2 aromatic carbocycles. The van der Waals surface area contributed by atoms with Gasteiger partial charge < -0.3 is 19.5 Å². The summed E-state index contributed by atoms with van der Waals surface area (Å²) in [4.78, 5) is 12.1. The third-order valence-electron chi connectivity index (χ3n) is 4.11. The van der Waals surface area contributed by atoms with E-state index in [9.17, 15) is 4.79 Å². The van der Waals surface area contributed by atoms with Crippen molar-refractivity contribution in [3.05, 3.63) is 47.5 Å². The third-order valence-corrected chi connectivity index (χ3v) is 4.11. The lowest BCUT2D eigenvalue weighted by Crippen LogP contribution is -2.24. The largest absolute Gasteiger partial charge is 0.496 e. The van der Waals surface area contributed by atoms with Gasteiger partial charge in [-0.2, -0.15) is 0 Å². The minimum atomic E-state index is -0.0882. The van der Waals surface area contributed by atoms with Crippen molar-refractivity contribution >= 4 is 11.6 Å². The molecule has 0 saturated carbocycles. The molecule has 23 heavy (non-hydrogen) atoms. The van der Waals surface area contributed by atoms with Gasteiger partial charge in [-0.05, 0) is 17.7 Å². The van der Waals surface area contributed by atoms with Crippen LogP contribution >= 0.6 is 0 Å². The van der Waals surface area contributed by atoms with Crippen molar-refractivity contribution in [1.82, 2.24) is 0 Å². The number of ether oxygens (including phenoxy) is 3. The van der Waals surface area contributed by atoms with Crippen LogP contribution in [0.3, 0.4) is 0 Å². The molecule has 0 radical (unpaired) electrons. The minimum Gasteiger partial charge on any atom is -0.496 e. The van der Waals surface area contributed by atoms with Gasteiger partial charge in [-0.3, -0.25) is 4.79 Å². The average Bonchev–Trinajstić information content (AvgIpc) is 2.59. The summed E-state index contributed by atoms with van der Waals surface area (Å²) in [6.07, 6.45) is 0.364. The highest BCUT2D eigenvalue weighted by Gasteiger charge is 2.30. The summed E-state index contributed by atoms with van der Waals surface area (Å²) < 4.78 is 16.2. The van der Waals surface area contributed by atoms with E-state index in [1.807, 2.05) is 30.3 Å². The number of hydrogen-bond acceptors (Lipinski definition) is 4. The topological polar surface area (TPSA) is 56.8 Å². The van der Waals surface area contributed by atoms with Gasteiger partial charge in [0.05, 0.1) is 21.3 Å². The van der Waals surface area contributed by atoms with E-state index in [2.05, 4.69) is 5.32 Å². The Morgan fingerprint density at radius 2 is 1.57 bits per heavy atom. The van der Waals surface area contributed by atoms with Gasteiger partial charge in [-0.1, -0.05) is 18.2 Å². The van der Waals surface area contributed by atoms with E-state index in [4.69, 9.17) is 14.2 Å². The van der Waals surface area contributed by atoms with Gasteiger partial charge in [0.15, 0.2) is 11.5 Å². The van der Waals surface area contributed by atoms with Crippen molar-refractivity contribution in [2.75, 3.05) is 26.6 Å². The first-order valence-corrected chi connectivity index (χ1v) is 7.36. The van der Waals surface area contributed by atoms with Gasteiger partial charge in [0.25, 0.3) is 0 Å². The Hall–Kier alpha value is -2.69. The number of rotatable bonds is 4. The van der Waals surface area contributed by atoms with E-state index in [0.717, 1.165) is 22.6 Å². The fourth-order valence-corrected chi connectivity index (χ4v) is 3.02. The maximum atomic E-state index is 12.1. The summed E-state index contributed by atoms with van der Waals surface area (Å²) in [5.41, 5.74) is 2.72. The Labute approximate surface area is 135 Å². The van der Waals surface area contributed by atoms with Crippen LogP contribution < -0.4 is 19.5 Å². The molecule has 0 aliphatic carbocycles. The van der Waals surface area contributed by atoms with Crippen LogP contribution in [0, 0.1) is 0 Å². The fraction of sp³-hybridized carbons (Fsp3) is 0.278. The smallest absolute Gasteiger partial charge is 0.225 e. The monoisotopic (exact) mass is 313 g/mol. The van der Waals surface area contributed by atoms with Gasteiger partial charge in [0.1, 0.15) is 5.75 Å². The molecule has 5 nitrogen and oxygen atoms in total. The molecule has 1 N–H and O–H groups in total. The SMILES string of the molecule is COc1cc2c(cc1OC)C(c1ccccc1OC)CC(=O)N2. The second-order valence-corrected chi connectivity index (χ2v) is 5.34. The summed E-state index contributed by atoms with van der Waals surface area (Å²) in [7, 11) is 4.81. The van der Waals surface area contributed by atoms with E-state index < -0.39 is 0 Å². The number of methoxy groups -OCH3 is 3. The van der Waals surface area contributed by atoms with Gasteiger partial charge in [-0.15, -0.1) is 0 Å². The number of anilines is 1. The van der Waals surface area contributed by atoms with E-state index in [1.165, 1.54) is 0 Å². The molecule has 3 rings (SSSR count). The molecule has 0 spiro atoms. The highest BCUT2D eigenvalue weighted by atomic mass is 16.5. The lowest BCUT2D eigenvalue weighted by molar-refractivity contribution is -0.116. The zero-order valence-electron chi connectivity index (χ0n) is 13.4. The van der Waals surface area contributed by atoms with Crippen LogP contribution in [0.2, 0.25) is 0 Å². The molecule has 0 saturated heterocycles. The van der Waals surface area contributed by atoms with Crippen LogP contribution in [0.15, 0.2) is 36.4 Å². The van der Waals surface area contributed by atoms with Crippen molar-refractivity contribution in [2.45, 2.75) is 12.3 Å². The van der Waals surface area contributed by atoms with Crippen molar-refractivity contribution in [1.29, 1.82) is 0 Å². The highest BCUT2D eigenvalue weighted by molar-refractivity contribution is 5.96. The molecular weight excluding hydrogens is 294 g/mol. The fourth-order valence-electron chi connectivity index (χ4n) is 3.02. The zero-order valence-corrected chi connectivity index (χ0v) is 13.4. The first-order valence-electron chi connectivity index (χ1n) is 7.36. The van der Waals surface area contributed by atoms with E-state index in [0.29, 0.717) is 17.9 Å². The summed E-state index contributed by atoms with van der Waals surface area (Å²) >= 11 is 0. The molecule has 1 heterocycles. The Bertz CT molecular complexity index is 742. The average molecular weight is 313 g/mol. The standard InChI is InChI=1S/C18H19NO4/c1-21-15-7-5-4-6-11(15)12-9-18(20)19-14-10-17(23-3)16(22-2)8-13(12)14/h4-8,10,12H,9H2,1-3H3,(H,19,20). The normalized spacial score (nSPS) is 16.3. The van der Waals surface area contributed by atoms with Crippen LogP contribution in [0.4, 0.5) is 5.69 Å². The number of amides is 1. The second kappa shape index (κ2) is 6.20. The summed E-state index contributed by atoms with van der Waals surface area (Å²) in [5, 5.41) is 2.91. The lowest BCUT2D eigenvalue weighted by atomic mass is 9.84. The molecule has 0 bridgehead atoms. The number of fused-ring (bicyclic) bond motifs is 1. The Balaban J connectivity index is 2.16. The van der Waals surface area contributed by atoms with E-state index in [-0.39, 0.29) is 11.8 Å². The predicted octanol–water partition coefficient (Wildman–Crippen LogP) is 3.19. The van der Waals surface area contributed by atoms with Crippen LogP contribution in [0.25, 0.3) is 0 Å². The lowest BCUT2D eigenvalue weighted by Gasteiger charge is -2.28. The van der Waals surface area contributed by atoms with Crippen LogP contribution in [0.5, 0.6) is 17.2 Å². The Morgan fingerprint density at radius 3 is 2.26 bits per heavy atom. The first-order chi connectivity index (χ1) is 11.2. The number of carbonyl (C=O) groups excluding carboxylic acids is 1. The number of hydrogen-bond donors (Lipinski definition) is 1. The maximum Gasteiger partial charge on any atom is 0.225 e. The van der Waals surface area contributed by atoms with Crippen molar-refractivity contribution in [3.8, 4) is 17.2 Å². The molecule has 5 heteroatoms. The predicted molar refractivity (Wildman–Crippen MR) is 87.6 cm³/mol.